The van der Waals surface area contributed by atoms with E-state index in [1.807, 2.05) is 23.6 Å². The first-order valence-corrected chi connectivity index (χ1v) is 4.16. The van der Waals surface area contributed by atoms with Crippen LogP contribution in [0.3, 0.4) is 0 Å². The average molecular weight is 168 g/mol. The van der Waals surface area contributed by atoms with Gasteiger partial charge in [0.25, 0.3) is 0 Å². The molecule has 0 aromatic rings. The lowest BCUT2D eigenvalue weighted by Gasteiger charge is -1.94. The summed E-state index contributed by atoms with van der Waals surface area (Å²) in [5, 5.41) is 2.01. The van der Waals surface area contributed by atoms with Crippen molar-refractivity contribution in [2.45, 2.75) is 0 Å². The van der Waals surface area contributed by atoms with Crippen molar-refractivity contribution in [1.82, 2.24) is 0 Å². The van der Waals surface area contributed by atoms with Gasteiger partial charge >= 0.3 is 0 Å². The molecule has 0 fully saturated rings. The Morgan fingerprint density at radius 3 is 3.30 bits per heavy atom. The molecular weight excluding hydrogens is 164 g/mol. The molecule has 1 heterocycles. The van der Waals surface area contributed by atoms with Crippen LogP contribution in [0.4, 0.5) is 0 Å². The molecule has 0 saturated carbocycles. The summed E-state index contributed by atoms with van der Waals surface area (Å²) in [6.45, 7) is 0. The van der Waals surface area contributed by atoms with Gasteiger partial charge in [-0.15, -0.1) is 11.3 Å². The number of halogens is 1. The van der Waals surface area contributed by atoms with E-state index in [0.717, 1.165) is 9.90 Å². The lowest BCUT2D eigenvalue weighted by molar-refractivity contribution is 1.83. The monoisotopic (exact) mass is 167 g/mol. The maximum Gasteiger partial charge on any atom is 0.0934 e. The Labute approximate surface area is 68.4 Å². The Kier molecular flexibility index (Phi) is 1.40. The third-order valence-corrected chi connectivity index (χ3v) is 2.44. The van der Waals surface area contributed by atoms with Crippen molar-refractivity contribution in [1.29, 1.82) is 0 Å². The molecule has 2 aliphatic rings. The van der Waals surface area contributed by atoms with E-state index in [4.69, 9.17) is 11.6 Å². The molecular formula is C8H4ClS. The summed E-state index contributed by atoms with van der Waals surface area (Å²) < 4.78 is 0.826. The van der Waals surface area contributed by atoms with Gasteiger partial charge in [0.1, 0.15) is 0 Å². The van der Waals surface area contributed by atoms with E-state index < -0.39 is 0 Å². The van der Waals surface area contributed by atoms with Crippen molar-refractivity contribution in [3.63, 3.8) is 0 Å². The van der Waals surface area contributed by atoms with Crippen LogP contribution in [0.2, 0.25) is 4.34 Å². The third-order valence-electron chi connectivity index (χ3n) is 1.37. The summed E-state index contributed by atoms with van der Waals surface area (Å²) >= 11 is 7.32. The molecule has 0 N–H and O–H groups in total. The Morgan fingerprint density at radius 1 is 1.50 bits per heavy atom. The first kappa shape index (κ1) is 6.20. The van der Waals surface area contributed by atoms with Gasteiger partial charge in [0.05, 0.1) is 4.34 Å². The van der Waals surface area contributed by atoms with Crippen LogP contribution in [-0.4, -0.2) is 0 Å². The van der Waals surface area contributed by atoms with Crippen LogP contribution in [0.15, 0.2) is 23.6 Å². The summed E-state index contributed by atoms with van der Waals surface area (Å²) in [7, 11) is 0. The number of hydrogen-bond acceptors (Lipinski definition) is 1. The van der Waals surface area contributed by atoms with Gasteiger partial charge in [-0.3, -0.25) is 0 Å². The molecule has 2 heteroatoms. The Balaban J connectivity index is 2.75. The van der Waals surface area contributed by atoms with E-state index in [1.54, 1.807) is 0 Å². The highest BCUT2D eigenvalue weighted by molar-refractivity contribution is 7.14. The number of fused-ring (bicyclic) bond motifs is 1. The Morgan fingerprint density at radius 2 is 2.40 bits per heavy atom. The highest BCUT2D eigenvalue weighted by Gasteiger charge is 2.00. The van der Waals surface area contributed by atoms with Crippen LogP contribution < -0.4 is 0 Å². The van der Waals surface area contributed by atoms with Crippen molar-refractivity contribution < 1.29 is 0 Å². The van der Waals surface area contributed by atoms with Crippen LogP contribution in [0.1, 0.15) is 0 Å². The minimum absolute atomic E-state index is 0.826. The Bertz CT molecular complexity index is 313. The second-order valence-corrected chi connectivity index (χ2v) is 3.57. The maximum absolute atomic E-state index is 5.78. The van der Waals surface area contributed by atoms with Crippen LogP contribution in [0.25, 0.3) is 11.1 Å². The molecule has 0 amide bonds. The molecule has 1 aliphatic carbocycles. The van der Waals surface area contributed by atoms with Gasteiger partial charge in [-0.25, -0.2) is 0 Å². The van der Waals surface area contributed by atoms with Crippen LogP contribution in [0.5, 0.6) is 0 Å². The zero-order chi connectivity index (χ0) is 6.97. The summed E-state index contributed by atoms with van der Waals surface area (Å²) in [4.78, 5) is 0. The summed E-state index contributed by atoms with van der Waals surface area (Å²) in [6.07, 6.45) is 0. The van der Waals surface area contributed by atoms with Gasteiger partial charge in [-0.05, 0) is 23.3 Å². The summed E-state index contributed by atoms with van der Waals surface area (Å²) in [5.41, 5.74) is 2.32. The molecule has 0 aromatic carbocycles. The fourth-order valence-electron chi connectivity index (χ4n) is 0.894. The quantitative estimate of drug-likeness (QED) is 0.565. The van der Waals surface area contributed by atoms with E-state index in [-0.39, 0.29) is 0 Å². The lowest BCUT2D eigenvalue weighted by atomic mass is 10.2. The SMILES string of the molecule is Clc1cc2cc[c]c-2cs1. The molecule has 1 radical (unpaired) electrons. The molecule has 0 saturated heterocycles. The molecule has 0 atom stereocenters. The third kappa shape index (κ3) is 0.917. The van der Waals surface area contributed by atoms with Gasteiger partial charge in [0.15, 0.2) is 0 Å². The van der Waals surface area contributed by atoms with Gasteiger partial charge in [0, 0.05) is 5.38 Å². The minimum Gasteiger partial charge on any atom is -0.131 e. The Hall–Kier alpha value is -0.530. The van der Waals surface area contributed by atoms with Gasteiger partial charge in [-0.2, -0.15) is 0 Å². The number of rotatable bonds is 0. The van der Waals surface area contributed by atoms with Gasteiger partial charge in [-0.1, -0.05) is 23.7 Å². The van der Waals surface area contributed by atoms with Crippen molar-refractivity contribution in [2.24, 2.45) is 0 Å². The lowest BCUT2D eigenvalue weighted by Crippen LogP contribution is -1.67. The van der Waals surface area contributed by atoms with E-state index in [2.05, 4.69) is 6.07 Å². The second kappa shape index (κ2) is 2.26. The topological polar surface area (TPSA) is 0 Å². The molecule has 0 spiro atoms. The standard InChI is InChI=1S/C8H4ClS/c9-8-4-6-2-1-3-7(6)5-10-8/h1-2,4-5H. The highest BCUT2D eigenvalue weighted by atomic mass is 35.5. The van der Waals surface area contributed by atoms with Crippen LogP contribution in [-0.2, 0) is 0 Å². The van der Waals surface area contributed by atoms with E-state index in [1.165, 1.54) is 16.9 Å². The van der Waals surface area contributed by atoms with Crippen LogP contribution in [0, 0.1) is 6.07 Å². The fraction of sp³-hybridized carbons (Fsp3) is 0. The van der Waals surface area contributed by atoms with Crippen molar-refractivity contribution in [2.75, 3.05) is 0 Å². The number of hydrogen-bond donors (Lipinski definition) is 0. The molecule has 0 unspecified atom stereocenters. The van der Waals surface area contributed by atoms with E-state index >= 15 is 0 Å². The minimum atomic E-state index is 0.826. The predicted octanol–water partition coefficient (Wildman–Crippen LogP) is 3.31. The van der Waals surface area contributed by atoms with E-state index in [9.17, 15) is 0 Å². The van der Waals surface area contributed by atoms with Crippen molar-refractivity contribution >= 4 is 22.9 Å². The molecule has 0 aromatic heterocycles. The second-order valence-electron chi connectivity index (χ2n) is 2.03. The molecule has 10 heavy (non-hydrogen) atoms. The molecule has 49 valence electrons. The van der Waals surface area contributed by atoms with Crippen molar-refractivity contribution in [3.05, 3.63) is 34.0 Å². The normalized spacial score (nSPS) is 10.5. The zero-order valence-electron chi connectivity index (χ0n) is 5.10. The predicted molar refractivity (Wildman–Crippen MR) is 44.8 cm³/mol. The van der Waals surface area contributed by atoms with Gasteiger partial charge < -0.3 is 0 Å². The first-order valence-electron chi connectivity index (χ1n) is 2.91. The fourth-order valence-corrected chi connectivity index (χ4v) is 1.77. The molecule has 1 aliphatic heterocycles. The van der Waals surface area contributed by atoms with Gasteiger partial charge in [0.2, 0.25) is 0 Å². The highest BCUT2D eigenvalue weighted by Crippen LogP contribution is 2.28. The zero-order valence-corrected chi connectivity index (χ0v) is 6.67. The first-order chi connectivity index (χ1) is 4.86. The summed E-state index contributed by atoms with van der Waals surface area (Å²) in [5.74, 6) is 0. The molecule has 0 bridgehead atoms. The maximum atomic E-state index is 5.78. The largest absolute Gasteiger partial charge is 0.131 e. The van der Waals surface area contributed by atoms with E-state index in [0.29, 0.717) is 0 Å². The average Bonchev–Trinajstić information content (AvgIpc) is 2.33. The van der Waals surface area contributed by atoms with Crippen LogP contribution >= 0.6 is 22.9 Å². The summed E-state index contributed by atoms with van der Waals surface area (Å²) in [6, 6.07) is 8.97. The smallest absolute Gasteiger partial charge is 0.0934 e. The molecule has 0 nitrogen and oxygen atoms in total. The van der Waals surface area contributed by atoms with Crippen molar-refractivity contribution in [3.8, 4) is 11.1 Å². The molecule has 2 rings (SSSR count).